The van der Waals surface area contributed by atoms with Crippen molar-refractivity contribution in [2.75, 3.05) is 52.4 Å². The summed E-state index contributed by atoms with van der Waals surface area (Å²) in [6.45, 7) is 4.69. The van der Waals surface area contributed by atoms with Gasteiger partial charge in [-0.2, -0.15) is 4.72 Å². The molecule has 45 heavy (non-hydrogen) atoms. The smallest absolute Gasteiger partial charge is 0.317 e. The van der Waals surface area contributed by atoms with E-state index in [0.29, 0.717) is 45.1 Å². The number of benzene rings is 2. The first-order chi connectivity index (χ1) is 21.7. The number of urea groups is 1. The summed E-state index contributed by atoms with van der Waals surface area (Å²) in [5, 5.41) is 4.87. The van der Waals surface area contributed by atoms with E-state index < -0.39 is 16.1 Å². The number of hydrogen-bond acceptors (Lipinski definition) is 6. The zero-order chi connectivity index (χ0) is 31.6. The van der Waals surface area contributed by atoms with Crippen LogP contribution >= 0.6 is 15.9 Å². The van der Waals surface area contributed by atoms with Crippen molar-refractivity contribution < 1.29 is 22.8 Å². The Kier molecular flexibility index (Phi) is 9.98. The van der Waals surface area contributed by atoms with E-state index in [0.717, 1.165) is 60.6 Å². The maximum Gasteiger partial charge on any atom is 0.317 e. The van der Waals surface area contributed by atoms with Crippen LogP contribution in [-0.4, -0.2) is 116 Å². The number of nitrogens with one attached hydrogen (secondary N) is 2. The fourth-order valence-electron chi connectivity index (χ4n) is 7.20. The van der Waals surface area contributed by atoms with E-state index >= 15 is 0 Å². The van der Waals surface area contributed by atoms with Crippen LogP contribution < -0.4 is 10.0 Å². The van der Waals surface area contributed by atoms with Crippen LogP contribution in [0, 0.1) is 0 Å². The number of amides is 4. The highest BCUT2D eigenvalue weighted by Crippen LogP contribution is 2.25. The van der Waals surface area contributed by atoms with Crippen LogP contribution in [-0.2, 0) is 19.6 Å². The SMILES string of the molecule is O=C(NC1CCCC1)N1CCN(C[C@@H]2CCCN2C(=O)CN2CCC[C@H](NS(=O)(=O)c3ccc4cc(Br)ccc4c3)C2=O)CC1. The first-order valence-corrected chi connectivity index (χ1v) is 18.5. The van der Waals surface area contributed by atoms with Crippen molar-refractivity contribution in [3.8, 4) is 0 Å². The summed E-state index contributed by atoms with van der Waals surface area (Å²) >= 11 is 3.43. The van der Waals surface area contributed by atoms with Gasteiger partial charge in [0.25, 0.3) is 0 Å². The molecule has 4 fully saturated rings. The molecule has 1 saturated carbocycles. The molecule has 1 aliphatic carbocycles. The van der Waals surface area contributed by atoms with E-state index in [2.05, 4.69) is 30.9 Å². The summed E-state index contributed by atoms with van der Waals surface area (Å²) in [6, 6.07) is 10.0. The highest BCUT2D eigenvalue weighted by Gasteiger charge is 2.37. The van der Waals surface area contributed by atoms with Crippen molar-refractivity contribution in [2.24, 2.45) is 0 Å². The summed E-state index contributed by atoms with van der Waals surface area (Å²) in [6.07, 6.45) is 7.34. The summed E-state index contributed by atoms with van der Waals surface area (Å²) in [4.78, 5) is 47.3. The Labute approximate surface area is 273 Å². The molecule has 11 nitrogen and oxygen atoms in total. The van der Waals surface area contributed by atoms with E-state index in [-0.39, 0.29) is 35.3 Å². The van der Waals surface area contributed by atoms with Gasteiger partial charge in [0, 0.05) is 62.4 Å². The van der Waals surface area contributed by atoms with Gasteiger partial charge in [0.1, 0.15) is 6.04 Å². The molecule has 0 spiro atoms. The Balaban J connectivity index is 1.00. The van der Waals surface area contributed by atoms with E-state index in [4.69, 9.17) is 0 Å². The van der Waals surface area contributed by atoms with Crippen LogP contribution in [0.4, 0.5) is 4.79 Å². The molecular weight excluding hydrogens is 660 g/mol. The molecule has 0 radical (unpaired) electrons. The zero-order valence-electron chi connectivity index (χ0n) is 25.6. The van der Waals surface area contributed by atoms with Gasteiger partial charge in [-0.15, -0.1) is 0 Å². The molecule has 3 heterocycles. The number of piperazine rings is 1. The highest BCUT2D eigenvalue weighted by atomic mass is 79.9. The molecular formula is C32H43BrN6O5S. The van der Waals surface area contributed by atoms with Crippen molar-refractivity contribution >= 4 is 54.6 Å². The van der Waals surface area contributed by atoms with Crippen LogP contribution in [0.2, 0.25) is 0 Å². The summed E-state index contributed by atoms with van der Waals surface area (Å²) in [7, 11) is -3.94. The lowest BCUT2D eigenvalue weighted by Gasteiger charge is -2.38. The predicted octanol–water partition coefficient (Wildman–Crippen LogP) is 3.13. The van der Waals surface area contributed by atoms with E-state index in [1.165, 1.54) is 17.7 Å². The number of likely N-dealkylation sites (tertiary alicyclic amines) is 2. The third kappa shape index (κ3) is 7.64. The molecule has 0 bridgehead atoms. The number of hydrogen-bond donors (Lipinski definition) is 2. The molecule has 3 saturated heterocycles. The maximum atomic E-state index is 13.5. The summed E-state index contributed by atoms with van der Waals surface area (Å²) in [5.74, 6) is -0.449. The number of sulfonamides is 1. The van der Waals surface area contributed by atoms with Crippen molar-refractivity contribution in [3.63, 3.8) is 0 Å². The van der Waals surface area contributed by atoms with Gasteiger partial charge in [0.2, 0.25) is 21.8 Å². The number of carbonyl (C=O) groups is 3. The zero-order valence-corrected chi connectivity index (χ0v) is 28.0. The predicted molar refractivity (Wildman–Crippen MR) is 175 cm³/mol. The van der Waals surface area contributed by atoms with Gasteiger partial charge >= 0.3 is 6.03 Å². The number of rotatable bonds is 8. The number of carbonyl (C=O) groups excluding carboxylic acids is 3. The fourth-order valence-corrected chi connectivity index (χ4v) is 8.84. The van der Waals surface area contributed by atoms with Crippen molar-refractivity contribution in [1.29, 1.82) is 0 Å². The Morgan fingerprint density at radius 2 is 1.56 bits per heavy atom. The number of nitrogens with zero attached hydrogens (tertiary/aromatic N) is 4. The van der Waals surface area contributed by atoms with E-state index in [1.54, 1.807) is 18.2 Å². The molecule has 6 rings (SSSR count). The maximum absolute atomic E-state index is 13.5. The van der Waals surface area contributed by atoms with Gasteiger partial charge in [-0.1, -0.05) is 40.9 Å². The van der Waals surface area contributed by atoms with E-state index in [9.17, 15) is 22.8 Å². The van der Waals surface area contributed by atoms with Gasteiger partial charge in [-0.25, -0.2) is 13.2 Å². The Bertz CT molecular complexity index is 1530. The van der Waals surface area contributed by atoms with Crippen molar-refractivity contribution in [3.05, 3.63) is 40.9 Å². The Morgan fingerprint density at radius 1 is 0.844 bits per heavy atom. The second-order valence-corrected chi connectivity index (χ2v) is 15.5. The number of fused-ring (bicyclic) bond motifs is 1. The Hall–Kier alpha value is -2.74. The minimum Gasteiger partial charge on any atom is -0.337 e. The lowest BCUT2D eigenvalue weighted by atomic mass is 10.1. The normalized spacial score (nSPS) is 23.7. The van der Waals surface area contributed by atoms with Crippen molar-refractivity contribution in [2.45, 2.75) is 74.4 Å². The lowest BCUT2D eigenvalue weighted by molar-refractivity contribution is -0.143. The molecule has 2 atom stereocenters. The lowest BCUT2D eigenvalue weighted by Crippen LogP contribution is -2.56. The van der Waals surface area contributed by atoms with Crippen molar-refractivity contribution in [1.82, 2.24) is 29.6 Å². The minimum absolute atomic E-state index is 0.0386. The molecule has 2 aromatic rings. The molecule has 13 heteroatoms. The molecule has 0 aromatic heterocycles. The molecule has 3 aliphatic heterocycles. The third-order valence-corrected chi connectivity index (χ3v) is 11.7. The van der Waals surface area contributed by atoms with Crippen LogP contribution in [0.3, 0.4) is 0 Å². The van der Waals surface area contributed by atoms with E-state index in [1.807, 2.05) is 28.0 Å². The van der Waals surface area contributed by atoms with Crippen LogP contribution in [0.5, 0.6) is 0 Å². The average Bonchev–Trinajstić information content (AvgIpc) is 3.71. The van der Waals surface area contributed by atoms with Gasteiger partial charge in [-0.05, 0) is 73.6 Å². The molecule has 4 aliphatic rings. The standard InChI is InChI=1S/C32H43BrN6O5S/c33-25-11-9-24-20-28(12-10-23(24)19-25)45(43,44)35-29-8-4-13-38(31(29)41)22-30(40)39-14-3-7-27(39)21-36-15-17-37(18-16-36)32(42)34-26-5-1-2-6-26/h9-12,19-20,26-27,29,35H,1-8,13-18,21-22H2,(H,34,42)/t27-,29-/m0/s1. The topological polar surface area (TPSA) is 122 Å². The number of piperidine rings is 1. The summed E-state index contributed by atoms with van der Waals surface area (Å²) in [5.41, 5.74) is 0. The first-order valence-electron chi connectivity index (χ1n) is 16.2. The van der Waals surface area contributed by atoms with Crippen LogP contribution in [0.1, 0.15) is 51.4 Å². The largest absolute Gasteiger partial charge is 0.337 e. The van der Waals surface area contributed by atoms with Crippen LogP contribution in [0.25, 0.3) is 10.8 Å². The number of halogens is 1. The monoisotopic (exact) mass is 702 g/mol. The second kappa shape index (κ2) is 13.9. The molecule has 2 N–H and O–H groups in total. The molecule has 2 aromatic carbocycles. The van der Waals surface area contributed by atoms with Crippen LogP contribution in [0.15, 0.2) is 45.8 Å². The minimum atomic E-state index is -3.94. The molecule has 244 valence electrons. The third-order valence-electron chi connectivity index (χ3n) is 9.75. The van der Waals surface area contributed by atoms with Gasteiger partial charge in [-0.3, -0.25) is 14.5 Å². The molecule has 4 amide bonds. The Morgan fingerprint density at radius 3 is 2.33 bits per heavy atom. The van der Waals surface area contributed by atoms with Gasteiger partial charge in [0.05, 0.1) is 11.4 Å². The highest BCUT2D eigenvalue weighted by molar-refractivity contribution is 9.10. The first kappa shape index (κ1) is 32.2. The van der Waals surface area contributed by atoms with Gasteiger partial charge in [0.15, 0.2) is 0 Å². The van der Waals surface area contributed by atoms with Gasteiger partial charge < -0.3 is 20.0 Å². The second-order valence-electron chi connectivity index (χ2n) is 12.8. The molecule has 0 unspecified atom stereocenters. The quantitative estimate of drug-likeness (QED) is 0.436. The average molecular weight is 704 g/mol. The summed E-state index contributed by atoms with van der Waals surface area (Å²) < 4.78 is 30.1. The fraction of sp³-hybridized carbons (Fsp3) is 0.594.